The fourth-order valence-corrected chi connectivity index (χ4v) is 2.69. The van der Waals surface area contributed by atoms with E-state index in [1.165, 1.54) is 0 Å². The van der Waals surface area contributed by atoms with Crippen LogP contribution in [0, 0.1) is 0 Å². The number of carbonyl (C=O) groups excluding carboxylic acids is 2. The zero-order valence-corrected chi connectivity index (χ0v) is 13.0. The Balaban J connectivity index is 1.86. The Hall–Kier alpha value is -2.08. The Kier molecular flexibility index (Phi) is 5.77. The van der Waals surface area contributed by atoms with Gasteiger partial charge in [-0.2, -0.15) is 0 Å². The van der Waals surface area contributed by atoms with Crippen LogP contribution in [0.5, 0.6) is 0 Å². The van der Waals surface area contributed by atoms with E-state index in [2.05, 4.69) is 15.1 Å². The summed E-state index contributed by atoms with van der Waals surface area (Å²) in [5, 5.41) is 2.65. The molecule has 2 rings (SSSR count). The first-order valence-electron chi connectivity index (χ1n) is 7.68. The molecule has 1 fully saturated rings. The topological polar surface area (TPSA) is 78.7 Å². The van der Waals surface area contributed by atoms with E-state index in [1.807, 2.05) is 24.3 Å². The maximum atomic E-state index is 11.7. The van der Waals surface area contributed by atoms with Crippen LogP contribution in [0.2, 0.25) is 0 Å². The van der Waals surface area contributed by atoms with Crippen molar-refractivity contribution >= 4 is 17.5 Å². The molecular weight excluding hydrogens is 280 g/mol. The molecule has 0 aliphatic carbocycles. The predicted molar refractivity (Wildman–Crippen MR) is 86.9 cm³/mol. The molecule has 0 spiro atoms. The Morgan fingerprint density at radius 2 is 1.95 bits per heavy atom. The van der Waals surface area contributed by atoms with Crippen molar-refractivity contribution in [3.05, 3.63) is 29.8 Å². The smallest absolute Gasteiger partial charge is 0.251 e. The number of hydrogen-bond donors (Lipinski definition) is 2. The minimum Gasteiger partial charge on any atom is -0.370 e. The zero-order valence-electron chi connectivity index (χ0n) is 13.0. The van der Waals surface area contributed by atoms with Crippen LogP contribution in [0.25, 0.3) is 0 Å². The van der Waals surface area contributed by atoms with E-state index in [9.17, 15) is 9.59 Å². The van der Waals surface area contributed by atoms with E-state index in [4.69, 9.17) is 5.73 Å². The van der Waals surface area contributed by atoms with Crippen LogP contribution < -0.4 is 16.0 Å². The van der Waals surface area contributed by atoms with Gasteiger partial charge in [0.1, 0.15) is 0 Å². The number of anilines is 1. The number of piperazine rings is 1. The number of primary amides is 1. The molecule has 0 radical (unpaired) electrons. The SMILES string of the molecule is CNC(=O)c1cccc(N2CCN(CCCC(N)=O)CC2)c1. The second kappa shape index (κ2) is 7.79. The summed E-state index contributed by atoms with van der Waals surface area (Å²) < 4.78 is 0. The van der Waals surface area contributed by atoms with Crippen molar-refractivity contribution in [3.8, 4) is 0 Å². The van der Waals surface area contributed by atoms with Crippen molar-refractivity contribution in [3.63, 3.8) is 0 Å². The number of benzene rings is 1. The van der Waals surface area contributed by atoms with Crippen LogP contribution >= 0.6 is 0 Å². The number of hydrogen-bond acceptors (Lipinski definition) is 4. The molecule has 0 bridgehead atoms. The molecule has 3 N–H and O–H groups in total. The lowest BCUT2D eigenvalue weighted by Crippen LogP contribution is -2.46. The second-order valence-electron chi connectivity index (χ2n) is 5.53. The van der Waals surface area contributed by atoms with E-state index in [0.29, 0.717) is 12.0 Å². The van der Waals surface area contributed by atoms with Crippen molar-refractivity contribution in [2.24, 2.45) is 5.73 Å². The lowest BCUT2D eigenvalue weighted by Gasteiger charge is -2.36. The van der Waals surface area contributed by atoms with Crippen molar-refractivity contribution < 1.29 is 9.59 Å². The summed E-state index contributed by atoms with van der Waals surface area (Å²) in [7, 11) is 1.64. The number of nitrogens with one attached hydrogen (secondary N) is 1. The summed E-state index contributed by atoms with van der Waals surface area (Å²) in [4.78, 5) is 27.1. The minimum absolute atomic E-state index is 0.0630. The van der Waals surface area contributed by atoms with E-state index >= 15 is 0 Å². The number of rotatable bonds is 6. The molecule has 2 amide bonds. The first-order valence-corrected chi connectivity index (χ1v) is 7.68. The maximum Gasteiger partial charge on any atom is 0.251 e. The molecule has 120 valence electrons. The molecule has 1 aliphatic heterocycles. The van der Waals surface area contributed by atoms with Gasteiger partial charge in [-0.1, -0.05) is 6.07 Å². The molecule has 22 heavy (non-hydrogen) atoms. The molecule has 0 atom stereocenters. The third-order valence-corrected chi connectivity index (χ3v) is 3.97. The van der Waals surface area contributed by atoms with Gasteiger partial charge in [0.15, 0.2) is 0 Å². The van der Waals surface area contributed by atoms with Gasteiger partial charge in [-0.3, -0.25) is 14.5 Å². The zero-order chi connectivity index (χ0) is 15.9. The molecule has 1 saturated heterocycles. The summed E-state index contributed by atoms with van der Waals surface area (Å²) in [5.74, 6) is -0.295. The van der Waals surface area contributed by atoms with Crippen molar-refractivity contribution in [1.82, 2.24) is 10.2 Å². The first-order chi connectivity index (χ1) is 10.6. The van der Waals surface area contributed by atoms with E-state index in [0.717, 1.165) is 44.8 Å². The second-order valence-corrected chi connectivity index (χ2v) is 5.53. The predicted octanol–water partition coefficient (Wildman–Crippen LogP) is 0.434. The Morgan fingerprint density at radius 3 is 2.59 bits per heavy atom. The molecule has 1 aromatic rings. The standard InChI is InChI=1S/C16H24N4O2/c1-18-16(22)13-4-2-5-14(12-13)20-10-8-19(9-11-20)7-3-6-15(17)21/h2,4-5,12H,3,6-11H2,1H3,(H2,17,21)(H,18,22). The highest BCUT2D eigenvalue weighted by molar-refractivity contribution is 5.94. The summed E-state index contributed by atoms with van der Waals surface area (Å²) in [6.45, 7) is 4.68. The Morgan fingerprint density at radius 1 is 1.23 bits per heavy atom. The highest BCUT2D eigenvalue weighted by atomic mass is 16.1. The largest absolute Gasteiger partial charge is 0.370 e. The number of nitrogens with zero attached hydrogens (tertiary/aromatic N) is 2. The summed E-state index contributed by atoms with van der Waals surface area (Å²) in [5.41, 5.74) is 6.92. The van der Waals surface area contributed by atoms with Gasteiger partial charge < -0.3 is 16.0 Å². The fourth-order valence-electron chi connectivity index (χ4n) is 2.69. The van der Waals surface area contributed by atoms with Gasteiger partial charge in [-0.15, -0.1) is 0 Å². The monoisotopic (exact) mass is 304 g/mol. The first kappa shape index (κ1) is 16.3. The Bertz CT molecular complexity index is 525. The summed E-state index contributed by atoms with van der Waals surface area (Å²) >= 11 is 0. The van der Waals surface area contributed by atoms with Gasteiger partial charge in [0.05, 0.1) is 0 Å². The van der Waals surface area contributed by atoms with Crippen LogP contribution in [0.1, 0.15) is 23.2 Å². The molecule has 1 heterocycles. The average molecular weight is 304 g/mol. The van der Waals surface area contributed by atoms with Gasteiger partial charge >= 0.3 is 0 Å². The normalized spacial score (nSPS) is 15.6. The van der Waals surface area contributed by atoms with Crippen LogP contribution in [0.4, 0.5) is 5.69 Å². The van der Waals surface area contributed by atoms with E-state index in [-0.39, 0.29) is 11.8 Å². The minimum atomic E-state index is -0.232. The molecule has 0 aromatic heterocycles. The molecule has 1 aromatic carbocycles. The van der Waals surface area contributed by atoms with Crippen LogP contribution in [0.15, 0.2) is 24.3 Å². The van der Waals surface area contributed by atoms with Crippen LogP contribution in [-0.4, -0.2) is 56.5 Å². The lowest BCUT2D eigenvalue weighted by molar-refractivity contribution is -0.118. The summed E-state index contributed by atoms with van der Waals surface area (Å²) in [6, 6.07) is 7.71. The van der Waals surface area contributed by atoms with Gasteiger partial charge in [-0.05, 0) is 31.2 Å². The van der Waals surface area contributed by atoms with Crippen LogP contribution in [-0.2, 0) is 4.79 Å². The number of nitrogens with two attached hydrogens (primary N) is 1. The number of amides is 2. The third-order valence-electron chi connectivity index (χ3n) is 3.97. The van der Waals surface area contributed by atoms with Gasteiger partial charge in [-0.25, -0.2) is 0 Å². The lowest BCUT2D eigenvalue weighted by atomic mass is 10.1. The molecule has 1 aliphatic rings. The van der Waals surface area contributed by atoms with Gasteiger partial charge in [0.2, 0.25) is 5.91 Å². The summed E-state index contributed by atoms with van der Waals surface area (Å²) in [6.07, 6.45) is 1.27. The van der Waals surface area contributed by atoms with Crippen molar-refractivity contribution in [2.75, 3.05) is 44.7 Å². The third kappa shape index (κ3) is 4.46. The average Bonchev–Trinajstić information content (AvgIpc) is 2.54. The molecular formula is C16H24N4O2. The van der Waals surface area contributed by atoms with Crippen molar-refractivity contribution in [2.45, 2.75) is 12.8 Å². The van der Waals surface area contributed by atoms with Crippen molar-refractivity contribution in [1.29, 1.82) is 0 Å². The highest BCUT2D eigenvalue weighted by Crippen LogP contribution is 2.18. The quantitative estimate of drug-likeness (QED) is 0.799. The Labute approximate surface area is 131 Å². The van der Waals surface area contributed by atoms with E-state index in [1.54, 1.807) is 7.05 Å². The molecule has 0 saturated carbocycles. The maximum absolute atomic E-state index is 11.7. The molecule has 6 heteroatoms. The van der Waals surface area contributed by atoms with E-state index < -0.39 is 0 Å². The highest BCUT2D eigenvalue weighted by Gasteiger charge is 2.17. The van der Waals surface area contributed by atoms with Gasteiger partial charge in [0, 0.05) is 50.9 Å². The molecule has 6 nitrogen and oxygen atoms in total. The fraction of sp³-hybridized carbons (Fsp3) is 0.500. The number of carbonyl (C=O) groups is 2. The van der Waals surface area contributed by atoms with Gasteiger partial charge in [0.25, 0.3) is 5.91 Å². The molecule has 0 unspecified atom stereocenters. The van der Waals surface area contributed by atoms with Crippen LogP contribution in [0.3, 0.4) is 0 Å².